The van der Waals surface area contributed by atoms with E-state index in [1.54, 1.807) is 17.7 Å². The molecule has 0 fully saturated rings. The SMILES string of the molecule is Cn1cc2c(cc1=O)CN=C(c1ccc(Cl)cc1)C1NC=CC=C21. The van der Waals surface area contributed by atoms with Crippen LogP contribution >= 0.6 is 11.6 Å². The number of pyridine rings is 1. The lowest BCUT2D eigenvalue weighted by molar-refractivity contribution is 0.840. The Kier molecular flexibility index (Phi) is 3.62. The van der Waals surface area contributed by atoms with E-state index in [4.69, 9.17) is 16.6 Å². The van der Waals surface area contributed by atoms with E-state index in [9.17, 15) is 4.79 Å². The fraction of sp³-hybridized carbons (Fsp3) is 0.158. The predicted octanol–water partition coefficient (Wildman–Crippen LogP) is 2.91. The standard InChI is InChI=1S/C19H16ClN3O/c1-23-11-16-13(9-17(23)24)10-22-18(12-4-6-14(20)7-5-12)19-15(16)3-2-8-21-19/h2-9,11,19,21H,10H2,1H3. The molecule has 2 aromatic rings. The quantitative estimate of drug-likeness (QED) is 0.869. The van der Waals surface area contributed by atoms with Crippen LogP contribution in [0.4, 0.5) is 0 Å². The third-order valence-electron chi connectivity index (χ3n) is 4.40. The lowest BCUT2D eigenvalue weighted by Crippen LogP contribution is -2.36. The molecule has 5 heteroatoms. The van der Waals surface area contributed by atoms with Gasteiger partial charge in [-0.3, -0.25) is 9.79 Å². The molecule has 0 aliphatic carbocycles. The molecule has 120 valence electrons. The second-order valence-corrected chi connectivity index (χ2v) is 6.39. The summed E-state index contributed by atoms with van der Waals surface area (Å²) in [5.41, 5.74) is 5.10. The van der Waals surface area contributed by atoms with Crippen LogP contribution in [0, 0.1) is 0 Å². The topological polar surface area (TPSA) is 46.4 Å². The number of hydrogen-bond donors (Lipinski definition) is 1. The van der Waals surface area contributed by atoms with Crippen LogP contribution in [0.5, 0.6) is 0 Å². The highest BCUT2D eigenvalue weighted by Gasteiger charge is 2.28. The van der Waals surface area contributed by atoms with Gasteiger partial charge in [-0.1, -0.05) is 29.8 Å². The Balaban J connectivity index is 1.89. The number of dihydropyridines is 1. The molecule has 1 aromatic heterocycles. The molecule has 4 rings (SSSR count). The Bertz CT molecular complexity index is 952. The third kappa shape index (κ3) is 2.49. The van der Waals surface area contributed by atoms with Crippen LogP contribution in [0.15, 0.2) is 64.7 Å². The molecular formula is C19H16ClN3O. The van der Waals surface area contributed by atoms with Gasteiger partial charge in [-0.05, 0) is 41.1 Å². The summed E-state index contributed by atoms with van der Waals surface area (Å²) in [6.07, 6.45) is 7.89. The monoisotopic (exact) mass is 337 g/mol. The average molecular weight is 338 g/mol. The molecule has 0 spiro atoms. The molecule has 3 heterocycles. The van der Waals surface area contributed by atoms with Gasteiger partial charge in [0.15, 0.2) is 0 Å². The molecular weight excluding hydrogens is 322 g/mol. The largest absolute Gasteiger partial charge is 0.379 e. The molecule has 0 amide bonds. The highest BCUT2D eigenvalue weighted by Crippen LogP contribution is 2.30. The van der Waals surface area contributed by atoms with Crippen molar-refractivity contribution < 1.29 is 0 Å². The zero-order valence-electron chi connectivity index (χ0n) is 13.2. The van der Waals surface area contributed by atoms with E-state index < -0.39 is 0 Å². The maximum Gasteiger partial charge on any atom is 0.250 e. The highest BCUT2D eigenvalue weighted by atomic mass is 35.5. The smallest absolute Gasteiger partial charge is 0.250 e. The van der Waals surface area contributed by atoms with Crippen LogP contribution in [0.1, 0.15) is 16.7 Å². The Labute approximate surface area is 144 Å². The van der Waals surface area contributed by atoms with Crippen molar-refractivity contribution in [1.29, 1.82) is 0 Å². The van der Waals surface area contributed by atoms with Gasteiger partial charge in [-0.25, -0.2) is 0 Å². The van der Waals surface area contributed by atoms with Gasteiger partial charge < -0.3 is 9.88 Å². The summed E-state index contributed by atoms with van der Waals surface area (Å²) < 4.78 is 1.61. The molecule has 0 saturated carbocycles. The minimum Gasteiger partial charge on any atom is -0.379 e. The second-order valence-electron chi connectivity index (χ2n) is 5.95. The average Bonchev–Trinajstić information content (AvgIpc) is 2.74. The van der Waals surface area contributed by atoms with E-state index in [1.165, 1.54) is 0 Å². The van der Waals surface area contributed by atoms with Crippen LogP contribution < -0.4 is 10.9 Å². The van der Waals surface area contributed by atoms with Crippen LogP contribution in [-0.2, 0) is 13.6 Å². The van der Waals surface area contributed by atoms with Crippen LogP contribution in [0.3, 0.4) is 0 Å². The second kappa shape index (κ2) is 5.80. The number of halogens is 1. The molecule has 1 unspecified atom stereocenters. The van der Waals surface area contributed by atoms with Crippen LogP contribution in [0.2, 0.25) is 5.02 Å². The Morgan fingerprint density at radius 2 is 2.08 bits per heavy atom. The first-order valence-corrected chi connectivity index (χ1v) is 8.14. The number of rotatable bonds is 1. The van der Waals surface area contributed by atoms with Gasteiger partial charge >= 0.3 is 0 Å². The molecule has 0 bridgehead atoms. The van der Waals surface area contributed by atoms with Crippen LogP contribution in [0.25, 0.3) is 5.57 Å². The molecule has 2 aliphatic rings. The third-order valence-corrected chi connectivity index (χ3v) is 4.66. The zero-order valence-corrected chi connectivity index (χ0v) is 13.9. The first-order valence-electron chi connectivity index (χ1n) is 7.76. The van der Waals surface area contributed by atoms with E-state index in [0.29, 0.717) is 11.6 Å². The summed E-state index contributed by atoms with van der Waals surface area (Å²) >= 11 is 6.01. The Morgan fingerprint density at radius 1 is 1.29 bits per heavy atom. The summed E-state index contributed by atoms with van der Waals surface area (Å²) in [5.74, 6) is 0. The molecule has 1 aromatic carbocycles. The van der Waals surface area contributed by atoms with Gasteiger partial charge in [0.05, 0.1) is 18.3 Å². The number of fused-ring (bicyclic) bond motifs is 3. The van der Waals surface area contributed by atoms with Crippen molar-refractivity contribution in [2.75, 3.05) is 0 Å². The number of hydrogen-bond acceptors (Lipinski definition) is 3. The van der Waals surface area contributed by atoms with Gasteiger partial charge in [0.2, 0.25) is 0 Å². The number of aliphatic imine (C=N–C) groups is 1. The van der Waals surface area contributed by atoms with Gasteiger partial charge in [0, 0.05) is 29.9 Å². The minimum absolute atomic E-state index is 0.0182. The molecule has 0 radical (unpaired) electrons. The zero-order chi connectivity index (χ0) is 16.7. The molecule has 1 N–H and O–H groups in total. The van der Waals surface area contributed by atoms with Gasteiger partial charge in [0.1, 0.15) is 0 Å². The van der Waals surface area contributed by atoms with Gasteiger partial charge in [-0.15, -0.1) is 0 Å². The van der Waals surface area contributed by atoms with Crippen molar-refractivity contribution >= 4 is 22.9 Å². The lowest BCUT2D eigenvalue weighted by Gasteiger charge is -2.24. The van der Waals surface area contributed by atoms with Gasteiger partial charge in [-0.2, -0.15) is 0 Å². The van der Waals surface area contributed by atoms with Crippen molar-refractivity contribution in [3.05, 3.63) is 86.9 Å². The summed E-state index contributed by atoms with van der Waals surface area (Å²) in [6, 6.07) is 9.33. The van der Waals surface area contributed by atoms with Crippen molar-refractivity contribution in [2.45, 2.75) is 12.6 Å². The van der Waals surface area contributed by atoms with E-state index in [0.717, 1.165) is 28.0 Å². The summed E-state index contributed by atoms with van der Waals surface area (Å²) in [6.45, 7) is 0.485. The first kappa shape index (κ1) is 15.0. The maximum atomic E-state index is 12.0. The summed E-state index contributed by atoms with van der Waals surface area (Å²) in [4.78, 5) is 16.8. The number of nitrogens with zero attached hydrogens (tertiary/aromatic N) is 2. The highest BCUT2D eigenvalue weighted by molar-refractivity contribution is 6.30. The van der Waals surface area contributed by atoms with Crippen LogP contribution in [-0.4, -0.2) is 16.3 Å². The van der Waals surface area contributed by atoms with E-state index in [1.807, 2.05) is 42.7 Å². The van der Waals surface area contributed by atoms with E-state index >= 15 is 0 Å². The van der Waals surface area contributed by atoms with E-state index in [2.05, 4.69) is 11.4 Å². The molecule has 2 aliphatic heterocycles. The number of allylic oxidation sites excluding steroid dienone is 2. The molecule has 0 saturated heterocycles. The molecule has 24 heavy (non-hydrogen) atoms. The lowest BCUT2D eigenvalue weighted by atomic mass is 9.90. The fourth-order valence-corrected chi connectivity index (χ4v) is 3.29. The summed E-state index contributed by atoms with van der Waals surface area (Å²) in [5, 5.41) is 4.10. The summed E-state index contributed by atoms with van der Waals surface area (Å²) in [7, 11) is 1.77. The van der Waals surface area contributed by atoms with Crippen molar-refractivity contribution in [3.63, 3.8) is 0 Å². The number of nitrogens with one attached hydrogen (secondary N) is 1. The Hall–Kier alpha value is -2.59. The normalized spacial score (nSPS) is 18.7. The fourth-order valence-electron chi connectivity index (χ4n) is 3.16. The minimum atomic E-state index is -0.0464. The van der Waals surface area contributed by atoms with Gasteiger partial charge in [0.25, 0.3) is 5.56 Å². The first-order chi connectivity index (χ1) is 11.6. The maximum absolute atomic E-state index is 12.0. The predicted molar refractivity (Wildman–Crippen MR) is 97.4 cm³/mol. The molecule has 4 nitrogen and oxygen atoms in total. The number of benzene rings is 1. The Morgan fingerprint density at radius 3 is 2.88 bits per heavy atom. The van der Waals surface area contributed by atoms with Crippen molar-refractivity contribution in [2.24, 2.45) is 12.0 Å². The molecule has 1 atom stereocenters. The van der Waals surface area contributed by atoms with Crippen molar-refractivity contribution in [3.8, 4) is 0 Å². The number of aryl methyl sites for hydroxylation is 1. The number of aromatic nitrogens is 1. The van der Waals surface area contributed by atoms with Crippen molar-refractivity contribution in [1.82, 2.24) is 9.88 Å². The van der Waals surface area contributed by atoms with E-state index in [-0.39, 0.29) is 11.6 Å².